The van der Waals surface area contributed by atoms with Gasteiger partial charge in [0.2, 0.25) is 10.0 Å². The van der Waals surface area contributed by atoms with Gasteiger partial charge in [-0.05, 0) is 57.4 Å². The first-order valence-corrected chi connectivity index (χ1v) is 14.1. The highest BCUT2D eigenvalue weighted by Gasteiger charge is 2.39. The molecule has 0 saturated heterocycles. The van der Waals surface area contributed by atoms with Gasteiger partial charge in [-0.25, -0.2) is 8.42 Å². The number of hydrogen-bond donors (Lipinski definition) is 1. The molecule has 1 N–H and O–H groups in total. The third-order valence-electron chi connectivity index (χ3n) is 6.13. The first-order chi connectivity index (χ1) is 17.9. The van der Waals surface area contributed by atoms with Crippen LogP contribution in [-0.4, -0.2) is 19.8 Å². The van der Waals surface area contributed by atoms with Gasteiger partial charge >= 0.3 is 0 Å². The van der Waals surface area contributed by atoms with Gasteiger partial charge in [-0.1, -0.05) is 72.3 Å². The van der Waals surface area contributed by atoms with Crippen molar-refractivity contribution in [2.45, 2.75) is 24.2 Å². The van der Waals surface area contributed by atoms with Crippen LogP contribution in [0.15, 0.2) is 100 Å². The summed E-state index contributed by atoms with van der Waals surface area (Å²) in [4.78, 5) is 0.243. The van der Waals surface area contributed by atoms with Gasteiger partial charge in [0.05, 0.1) is 17.3 Å². The summed E-state index contributed by atoms with van der Waals surface area (Å²) in [7, 11) is -2.25. The van der Waals surface area contributed by atoms with Gasteiger partial charge in [0, 0.05) is 17.1 Å². The number of anilines is 1. The number of ether oxygens (including phenoxy) is 2. The van der Waals surface area contributed by atoms with E-state index in [9.17, 15) is 8.42 Å². The summed E-state index contributed by atoms with van der Waals surface area (Å²) >= 11 is 9.90. The summed E-state index contributed by atoms with van der Waals surface area (Å²) in [6.45, 7) is 0.442. The molecule has 4 aromatic carbocycles. The molecule has 0 saturated carbocycles. The van der Waals surface area contributed by atoms with E-state index in [1.54, 1.807) is 31.4 Å². The predicted octanol–water partition coefficient (Wildman–Crippen LogP) is 7.01. The molecule has 1 heterocycles. The molecule has 6 nitrogen and oxygen atoms in total. The standard InChI is InChI=1S/C28H24BrClN2O4S/c1-35-25-16-21(15-22(29)27(25)36-18-20-11-5-6-12-23(20)30)28-31-24-13-7-8-14-26(24)37(33,34)32(28)17-19-9-3-2-4-10-19/h2-16,28,31H,17-18H2,1H3/t28-/m0/s1. The number of nitrogens with one attached hydrogen (secondary N) is 1. The van der Waals surface area contributed by atoms with E-state index < -0.39 is 16.2 Å². The molecule has 0 fully saturated rings. The summed E-state index contributed by atoms with van der Waals surface area (Å²) in [5, 5.41) is 4.03. The molecule has 1 atom stereocenters. The van der Waals surface area contributed by atoms with E-state index in [1.807, 2.05) is 66.7 Å². The van der Waals surface area contributed by atoms with Crippen molar-refractivity contribution in [2.75, 3.05) is 12.4 Å². The molecule has 0 unspecified atom stereocenters. The number of rotatable bonds is 7. The Morgan fingerprint density at radius 1 is 0.973 bits per heavy atom. The third-order valence-corrected chi connectivity index (χ3v) is 8.96. The van der Waals surface area contributed by atoms with Gasteiger partial charge in [-0.3, -0.25) is 0 Å². The Balaban J connectivity index is 1.54. The summed E-state index contributed by atoms with van der Waals surface area (Å²) in [5.41, 5.74) is 2.96. The number of halogens is 2. The van der Waals surface area contributed by atoms with Crippen molar-refractivity contribution in [1.29, 1.82) is 0 Å². The molecule has 1 aliphatic heterocycles. The van der Waals surface area contributed by atoms with Gasteiger partial charge in [0.1, 0.15) is 17.7 Å². The number of hydrogen-bond acceptors (Lipinski definition) is 5. The fourth-order valence-electron chi connectivity index (χ4n) is 4.29. The molecule has 0 aliphatic carbocycles. The van der Waals surface area contributed by atoms with Crippen molar-refractivity contribution >= 4 is 43.2 Å². The Bertz CT molecular complexity index is 1530. The van der Waals surface area contributed by atoms with Crippen LogP contribution in [-0.2, 0) is 23.2 Å². The lowest BCUT2D eigenvalue weighted by atomic mass is 10.1. The van der Waals surface area contributed by atoms with Crippen LogP contribution in [0.3, 0.4) is 0 Å². The Morgan fingerprint density at radius 2 is 1.68 bits per heavy atom. The van der Waals surface area contributed by atoms with E-state index in [0.29, 0.717) is 32.2 Å². The Hall–Kier alpha value is -3.04. The number of sulfonamides is 1. The van der Waals surface area contributed by atoms with E-state index in [-0.39, 0.29) is 18.0 Å². The number of methoxy groups -OCH3 is 1. The highest BCUT2D eigenvalue weighted by atomic mass is 79.9. The lowest BCUT2D eigenvalue weighted by Gasteiger charge is -2.37. The molecule has 0 aromatic heterocycles. The van der Waals surface area contributed by atoms with Gasteiger partial charge in [-0.15, -0.1) is 0 Å². The Kier molecular flexibility index (Phi) is 7.44. The number of fused-ring (bicyclic) bond motifs is 1. The third kappa shape index (κ3) is 5.20. The van der Waals surface area contributed by atoms with Crippen LogP contribution < -0.4 is 14.8 Å². The lowest BCUT2D eigenvalue weighted by Crippen LogP contribution is -2.42. The maximum Gasteiger partial charge on any atom is 0.247 e. The molecule has 0 radical (unpaired) electrons. The minimum Gasteiger partial charge on any atom is -0.493 e. The fraction of sp³-hybridized carbons (Fsp3) is 0.143. The molecule has 1 aliphatic rings. The molecule has 9 heteroatoms. The summed E-state index contributed by atoms with van der Waals surface area (Å²) in [6, 6.07) is 27.6. The quantitative estimate of drug-likeness (QED) is 0.248. The minimum atomic E-state index is -3.80. The molecular weight excluding hydrogens is 576 g/mol. The average molecular weight is 600 g/mol. The molecule has 190 valence electrons. The van der Waals surface area contributed by atoms with E-state index in [2.05, 4.69) is 21.2 Å². The second-order valence-corrected chi connectivity index (χ2v) is 11.6. The smallest absolute Gasteiger partial charge is 0.247 e. The van der Waals surface area contributed by atoms with Crippen LogP contribution in [0.4, 0.5) is 5.69 Å². The fourth-order valence-corrected chi connectivity index (χ4v) is 6.73. The maximum absolute atomic E-state index is 13.8. The van der Waals surface area contributed by atoms with E-state index in [4.69, 9.17) is 21.1 Å². The predicted molar refractivity (Wildman–Crippen MR) is 148 cm³/mol. The van der Waals surface area contributed by atoms with Crippen LogP contribution in [0, 0.1) is 0 Å². The van der Waals surface area contributed by atoms with Crippen LogP contribution in [0.5, 0.6) is 11.5 Å². The van der Waals surface area contributed by atoms with Crippen LogP contribution in [0.25, 0.3) is 0 Å². The minimum absolute atomic E-state index is 0.194. The molecular formula is C28H24BrClN2O4S. The van der Waals surface area contributed by atoms with Crippen molar-refractivity contribution in [3.8, 4) is 11.5 Å². The van der Waals surface area contributed by atoms with Crippen LogP contribution in [0.1, 0.15) is 22.9 Å². The Morgan fingerprint density at radius 3 is 2.43 bits per heavy atom. The topological polar surface area (TPSA) is 67.9 Å². The number of benzene rings is 4. The van der Waals surface area contributed by atoms with Crippen molar-refractivity contribution in [2.24, 2.45) is 0 Å². The average Bonchev–Trinajstić information content (AvgIpc) is 2.90. The van der Waals surface area contributed by atoms with Crippen molar-refractivity contribution in [3.63, 3.8) is 0 Å². The van der Waals surface area contributed by atoms with E-state index in [0.717, 1.165) is 11.1 Å². The Labute approximate surface area is 230 Å². The van der Waals surface area contributed by atoms with E-state index >= 15 is 0 Å². The molecule has 37 heavy (non-hydrogen) atoms. The van der Waals surface area contributed by atoms with Crippen molar-refractivity contribution in [3.05, 3.63) is 117 Å². The van der Waals surface area contributed by atoms with Crippen molar-refractivity contribution in [1.82, 2.24) is 4.31 Å². The van der Waals surface area contributed by atoms with Gasteiger partial charge in [-0.2, -0.15) is 4.31 Å². The zero-order valence-electron chi connectivity index (χ0n) is 19.9. The highest BCUT2D eigenvalue weighted by Crippen LogP contribution is 2.44. The summed E-state index contributed by atoms with van der Waals surface area (Å²) in [6.07, 6.45) is -0.678. The molecule has 0 amide bonds. The van der Waals surface area contributed by atoms with Crippen LogP contribution in [0.2, 0.25) is 5.02 Å². The monoisotopic (exact) mass is 598 g/mol. The molecule has 0 bridgehead atoms. The zero-order chi connectivity index (χ0) is 26.0. The summed E-state index contributed by atoms with van der Waals surface area (Å²) in [5.74, 6) is 0.967. The molecule has 0 spiro atoms. The normalized spacial score (nSPS) is 16.5. The summed E-state index contributed by atoms with van der Waals surface area (Å²) < 4.78 is 41.4. The van der Waals surface area contributed by atoms with Crippen molar-refractivity contribution < 1.29 is 17.9 Å². The van der Waals surface area contributed by atoms with E-state index in [1.165, 1.54) is 4.31 Å². The van der Waals surface area contributed by atoms with Gasteiger partial charge in [0.15, 0.2) is 11.5 Å². The first kappa shape index (κ1) is 25.6. The van der Waals surface area contributed by atoms with Crippen LogP contribution >= 0.6 is 27.5 Å². The highest BCUT2D eigenvalue weighted by molar-refractivity contribution is 9.10. The number of para-hydroxylation sites is 1. The number of nitrogens with zero attached hydrogens (tertiary/aromatic N) is 1. The SMILES string of the molecule is COc1cc([C@H]2Nc3ccccc3S(=O)(=O)N2Cc2ccccc2)cc(Br)c1OCc1ccccc1Cl. The first-order valence-electron chi connectivity index (χ1n) is 11.5. The zero-order valence-corrected chi connectivity index (χ0v) is 23.1. The molecule has 4 aromatic rings. The second kappa shape index (κ2) is 10.8. The maximum atomic E-state index is 13.8. The largest absolute Gasteiger partial charge is 0.493 e. The lowest BCUT2D eigenvalue weighted by molar-refractivity contribution is 0.281. The van der Waals surface area contributed by atoms with Gasteiger partial charge < -0.3 is 14.8 Å². The molecule has 5 rings (SSSR count). The van der Waals surface area contributed by atoms with Gasteiger partial charge in [0.25, 0.3) is 0 Å². The second-order valence-electron chi connectivity index (χ2n) is 8.49.